The molecule has 0 aliphatic heterocycles. The molecule has 0 fully saturated rings. The Kier molecular flexibility index (Phi) is 12.6. The summed E-state index contributed by atoms with van der Waals surface area (Å²) in [6.45, 7) is 13.5. The number of hydrogen-bond donors (Lipinski definition) is 0. The molecule has 0 heterocycles. The molecule has 0 saturated heterocycles. The zero-order valence-electron chi connectivity index (χ0n) is 20.8. The molecule has 0 aliphatic carbocycles. The van der Waals surface area contributed by atoms with Crippen molar-refractivity contribution in [3.05, 3.63) is 29.8 Å². The van der Waals surface area contributed by atoms with E-state index in [-0.39, 0.29) is 5.75 Å². The molecule has 1 aromatic rings. The second-order valence-corrected chi connectivity index (χ2v) is 17.3. The van der Waals surface area contributed by atoms with Gasteiger partial charge in [-0.25, -0.2) is 0 Å². The van der Waals surface area contributed by atoms with Crippen molar-refractivity contribution < 1.29 is 17.3 Å². The van der Waals surface area contributed by atoms with Gasteiger partial charge in [0.2, 0.25) is 0 Å². The highest BCUT2D eigenvalue weighted by molar-refractivity contribution is 9.09. The summed E-state index contributed by atoms with van der Waals surface area (Å²) < 4.78 is 36.6. The van der Waals surface area contributed by atoms with Crippen LogP contribution in [0.25, 0.3) is 0 Å². The zero-order chi connectivity index (χ0) is 24.4. The van der Waals surface area contributed by atoms with Gasteiger partial charge in [-0.15, -0.1) is 5.54 Å². The monoisotopic (exact) mass is 544 g/mol. The molecule has 4 nitrogen and oxygen atoms in total. The van der Waals surface area contributed by atoms with Crippen molar-refractivity contribution in [1.29, 1.82) is 0 Å². The highest BCUT2D eigenvalue weighted by atomic mass is 79.9. The van der Waals surface area contributed by atoms with Crippen molar-refractivity contribution in [1.82, 2.24) is 0 Å². The molecule has 0 spiro atoms. The lowest BCUT2D eigenvalue weighted by Gasteiger charge is -2.38. The molecule has 0 bridgehead atoms. The van der Waals surface area contributed by atoms with Crippen molar-refractivity contribution in [3.8, 4) is 17.2 Å². The van der Waals surface area contributed by atoms with E-state index in [0.717, 1.165) is 24.6 Å². The molecule has 0 N–H and O–H groups in total. The molecular formula is C25H41BrO4SSi. The van der Waals surface area contributed by atoms with Crippen molar-refractivity contribution in [2.75, 3.05) is 12.4 Å². The minimum absolute atomic E-state index is 0.169. The number of methoxy groups -OCH3 is 1. The first-order valence-corrected chi connectivity index (χ1v) is 16.5. The summed E-state index contributed by atoms with van der Waals surface area (Å²) in [5.41, 5.74) is 5.78. The van der Waals surface area contributed by atoms with E-state index in [9.17, 15) is 8.42 Å². The Hall–Kier alpha value is -0.813. The Morgan fingerprint density at radius 2 is 1.50 bits per heavy atom. The van der Waals surface area contributed by atoms with Crippen molar-refractivity contribution >= 4 is 34.1 Å². The molecule has 0 amide bonds. The predicted molar refractivity (Wildman–Crippen MR) is 142 cm³/mol. The van der Waals surface area contributed by atoms with Crippen LogP contribution in [0.5, 0.6) is 5.75 Å². The fraction of sp³-hybridized carbons (Fsp3) is 0.680. The molecule has 1 atom stereocenters. The highest BCUT2D eigenvalue weighted by Gasteiger charge is 2.41. The Morgan fingerprint density at radius 1 is 0.938 bits per heavy atom. The minimum atomic E-state index is -3.76. The zero-order valence-corrected chi connectivity index (χ0v) is 24.2. The van der Waals surface area contributed by atoms with Crippen LogP contribution in [-0.4, -0.2) is 35.0 Å². The Labute approximate surface area is 206 Å². The average molecular weight is 546 g/mol. The molecule has 182 valence electrons. The second kappa shape index (κ2) is 13.8. The lowest BCUT2D eigenvalue weighted by atomic mass is 10.1. The van der Waals surface area contributed by atoms with Crippen LogP contribution in [0.1, 0.15) is 72.8 Å². The molecular weight excluding hydrogens is 504 g/mol. The SMILES string of the molecule is COc1ccc(CS(=O)(=O)O[C@H](C#C[Si](C(C)C)(C(C)C)C(C)C)CCCCCBr)cc1. The van der Waals surface area contributed by atoms with E-state index in [0.29, 0.717) is 34.4 Å². The lowest BCUT2D eigenvalue weighted by molar-refractivity contribution is 0.248. The number of benzene rings is 1. The molecule has 0 unspecified atom stereocenters. The van der Waals surface area contributed by atoms with Crippen molar-refractivity contribution in [2.45, 2.75) is 95.7 Å². The predicted octanol–water partition coefficient (Wildman–Crippen LogP) is 7.09. The van der Waals surface area contributed by atoms with Gasteiger partial charge in [-0.2, -0.15) is 8.42 Å². The van der Waals surface area contributed by atoms with Crippen molar-refractivity contribution in [2.24, 2.45) is 0 Å². The van der Waals surface area contributed by atoms with Crippen LogP contribution in [0.3, 0.4) is 0 Å². The van der Waals surface area contributed by atoms with Gasteiger partial charge in [-0.1, -0.05) is 81.9 Å². The topological polar surface area (TPSA) is 52.6 Å². The second-order valence-electron chi connectivity index (χ2n) is 9.34. The van der Waals surface area contributed by atoms with E-state index in [1.54, 1.807) is 31.4 Å². The van der Waals surface area contributed by atoms with E-state index < -0.39 is 24.3 Å². The van der Waals surface area contributed by atoms with Gasteiger partial charge >= 0.3 is 0 Å². The molecule has 32 heavy (non-hydrogen) atoms. The van der Waals surface area contributed by atoms with Crippen molar-refractivity contribution in [3.63, 3.8) is 0 Å². The summed E-state index contributed by atoms with van der Waals surface area (Å²) in [6.07, 6.45) is 2.99. The van der Waals surface area contributed by atoms with Crippen LogP contribution in [0.2, 0.25) is 16.6 Å². The summed E-state index contributed by atoms with van der Waals surface area (Å²) in [6, 6.07) is 7.03. The van der Waals surface area contributed by atoms with Gasteiger partial charge in [0.05, 0.1) is 7.11 Å². The van der Waals surface area contributed by atoms with E-state index in [2.05, 4.69) is 68.9 Å². The Morgan fingerprint density at radius 3 is 1.97 bits per heavy atom. The first-order chi connectivity index (χ1) is 15.0. The highest BCUT2D eigenvalue weighted by Crippen LogP contribution is 2.40. The van der Waals surface area contributed by atoms with Crippen LogP contribution in [0.4, 0.5) is 0 Å². The van der Waals surface area contributed by atoms with E-state index in [1.165, 1.54) is 0 Å². The maximum absolute atomic E-state index is 12.9. The maximum atomic E-state index is 12.9. The minimum Gasteiger partial charge on any atom is -0.497 e. The fourth-order valence-corrected chi connectivity index (χ4v) is 11.4. The number of halogens is 1. The van der Waals surface area contributed by atoms with Gasteiger partial charge in [-0.05, 0) is 53.6 Å². The third kappa shape index (κ3) is 8.85. The summed E-state index contributed by atoms with van der Waals surface area (Å²) >= 11 is 3.46. The van der Waals surface area contributed by atoms with E-state index >= 15 is 0 Å². The van der Waals surface area contributed by atoms with E-state index in [1.807, 2.05) is 0 Å². The third-order valence-electron chi connectivity index (χ3n) is 6.18. The maximum Gasteiger partial charge on any atom is 0.272 e. The van der Waals surface area contributed by atoms with Crippen LogP contribution >= 0.6 is 15.9 Å². The summed E-state index contributed by atoms with van der Waals surface area (Å²) in [4.78, 5) is 0. The van der Waals surface area contributed by atoms with Gasteiger partial charge in [0.1, 0.15) is 25.7 Å². The molecule has 7 heteroatoms. The average Bonchev–Trinajstić information content (AvgIpc) is 2.70. The largest absolute Gasteiger partial charge is 0.497 e. The number of rotatable bonds is 13. The number of ether oxygens (including phenoxy) is 1. The first kappa shape index (κ1) is 29.2. The normalized spacial score (nSPS) is 13.3. The van der Waals surface area contributed by atoms with Gasteiger partial charge < -0.3 is 4.74 Å². The van der Waals surface area contributed by atoms with Gasteiger partial charge in [0.15, 0.2) is 0 Å². The number of unbranched alkanes of at least 4 members (excludes halogenated alkanes) is 2. The third-order valence-corrected chi connectivity index (χ3v) is 14.3. The van der Waals surface area contributed by atoms with Gasteiger partial charge in [-0.3, -0.25) is 4.18 Å². The van der Waals surface area contributed by atoms with Crippen LogP contribution < -0.4 is 4.74 Å². The molecule has 0 saturated carbocycles. The summed E-state index contributed by atoms with van der Waals surface area (Å²) in [7, 11) is -4.14. The lowest BCUT2D eigenvalue weighted by Crippen LogP contribution is -2.43. The van der Waals surface area contributed by atoms with Crippen LogP contribution in [-0.2, 0) is 20.1 Å². The standard InChI is InChI=1S/C25H41BrO4SSi/c1-20(2)32(21(3)4,22(5)6)18-16-25(11-9-8-10-17-26)30-31(27,28)19-23-12-14-24(29-7)15-13-23/h12-15,20-22,25H,8-11,17,19H2,1-7H3/t25-/m0/s1. The van der Waals surface area contributed by atoms with Crippen LogP contribution in [0.15, 0.2) is 24.3 Å². The smallest absolute Gasteiger partial charge is 0.272 e. The van der Waals surface area contributed by atoms with Crippen LogP contribution in [0, 0.1) is 11.5 Å². The summed E-state index contributed by atoms with van der Waals surface area (Å²) in [5.74, 6) is 3.85. The van der Waals surface area contributed by atoms with Gasteiger partial charge in [0.25, 0.3) is 10.1 Å². The fourth-order valence-electron chi connectivity index (χ4n) is 4.52. The number of hydrogen-bond acceptors (Lipinski definition) is 4. The number of alkyl halides is 1. The van der Waals surface area contributed by atoms with Gasteiger partial charge in [0, 0.05) is 5.33 Å². The Balaban J connectivity index is 3.13. The molecule has 0 aromatic heterocycles. The summed E-state index contributed by atoms with van der Waals surface area (Å²) in [5, 5.41) is 0.948. The molecule has 0 radical (unpaired) electrons. The first-order valence-electron chi connectivity index (χ1n) is 11.6. The molecule has 1 rings (SSSR count). The quantitative estimate of drug-likeness (QED) is 0.0873. The Bertz CT molecular complexity index is 817. The molecule has 0 aliphatic rings. The van der Waals surface area contributed by atoms with E-state index in [4.69, 9.17) is 8.92 Å². The molecule has 1 aromatic carbocycles.